The fraction of sp³-hybridized carbons (Fsp3) is 0.375. The van der Waals surface area contributed by atoms with E-state index in [0.29, 0.717) is 5.88 Å². The molecule has 2 heterocycles. The van der Waals surface area contributed by atoms with Crippen LogP contribution in [0.2, 0.25) is 0 Å². The first-order chi connectivity index (χ1) is 6.81. The van der Waals surface area contributed by atoms with E-state index in [1.54, 1.807) is 29.4 Å². The van der Waals surface area contributed by atoms with E-state index in [1.165, 1.54) is 0 Å². The Morgan fingerprint density at radius 3 is 3.14 bits per heavy atom. The van der Waals surface area contributed by atoms with Crippen molar-refractivity contribution in [1.82, 2.24) is 15.0 Å². The Morgan fingerprint density at radius 1 is 1.50 bits per heavy atom. The average Bonchev–Trinajstić information content (AvgIpc) is 2.55. The molecule has 0 unspecified atom stereocenters. The third-order valence-electron chi connectivity index (χ3n) is 1.58. The highest BCUT2D eigenvalue weighted by molar-refractivity contribution is 7.99. The van der Waals surface area contributed by atoms with Crippen LogP contribution in [0.4, 0.5) is 0 Å². The Hall–Kier alpha value is -0.390. The molecule has 2 rings (SSSR count). The SMILES string of the molecule is Cc1nc2c(SCCCl)ncnc2s1. The van der Waals surface area contributed by atoms with Gasteiger partial charge in [0.25, 0.3) is 0 Å². The van der Waals surface area contributed by atoms with Crippen molar-refractivity contribution in [3.8, 4) is 0 Å². The molecule has 14 heavy (non-hydrogen) atoms. The predicted molar refractivity (Wildman–Crippen MR) is 61.4 cm³/mol. The molecule has 0 radical (unpaired) electrons. The highest BCUT2D eigenvalue weighted by Crippen LogP contribution is 2.27. The van der Waals surface area contributed by atoms with Gasteiger partial charge in [0, 0.05) is 11.6 Å². The van der Waals surface area contributed by atoms with Crippen molar-refractivity contribution in [2.24, 2.45) is 0 Å². The summed E-state index contributed by atoms with van der Waals surface area (Å²) < 4.78 is 0. The monoisotopic (exact) mass is 245 g/mol. The van der Waals surface area contributed by atoms with E-state index in [-0.39, 0.29) is 0 Å². The molecular weight excluding hydrogens is 238 g/mol. The Bertz CT molecular complexity index is 443. The van der Waals surface area contributed by atoms with Crippen molar-refractivity contribution in [1.29, 1.82) is 0 Å². The molecule has 0 aliphatic carbocycles. The second kappa shape index (κ2) is 4.42. The minimum Gasteiger partial charge on any atom is -0.237 e. The third kappa shape index (κ3) is 1.99. The summed E-state index contributed by atoms with van der Waals surface area (Å²) in [5.74, 6) is 1.48. The quantitative estimate of drug-likeness (QED) is 0.474. The predicted octanol–water partition coefficient (Wildman–Crippen LogP) is 2.73. The number of hydrogen-bond acceptors (Lipinski definition) is 5. The van der Waals surface area contributed by atoms with E-state index in [0.717, 1.165) is 26.1 Å². The molecule has 74 valence electrons. The maximum atomic E-state index is 5.63. The smallest absolute Gasteiger partial charge is 0.148 e. The number of thioether (sulfide) groups is 1. The lowest BCUT2D eigenvalue weighted by molar-refractivity contribution is 1.09. The molecular formula is C8H8ClN3S2. The van der Waals surface area contributed by atoms with E-state index < -0.39 is 0 Å². The van der Waals surface area contributed by atoms with Gasteiger partial charge in [0.1, 0.15) is 21.7 Å². The summed E-state index contributed by atoms with van der Waals surface area (Å²) in [6.07, 6.45) is 1.58. The Balaban J connectivity index is 2.42. The maximum absolute atomic E-state index is 5.63. The van der Waals surface area contributed by atoms with E-state index in [2.05, 4.69) is 15.0 Å². The second-order valence-electron chi connectivity index (χ2n) is 2.60. The van der Waals surface area contributed by atoms with Gasteiger partial charge >= 0.3 is 0 Å². The molecule has 0 spiro atoms. The molecule has 0 amide bonds. The number of aryl methyl sites for hydroxylation is 1. The van der Waals surface area contributed by atoms with Gasteiger partial charge in [0.05, 0.1) is 5.01 Å². The molecule has 0 fully saturated rings. The molecule has 2 aromatic heterocycles. The Labute approximate surface area is 94.9 Å². The Kier molecular flexibility index (Phi) is 3.20. The maximum Gasteiger partial charge on any atom is 0.148 e. The van der Waals surface area contributed by atoms with Crippen LogP contribution in [0.5, 0.6) is 0 Å². The normalized spacial score (nSPS) is 11.0. The van der Waals surface area contributed by atoms with Crippen molar-refractivity contribution in [3.05, 3.63) is 11.3 Å². The highest BCUT2D eigenvalue weighted by Gasteiger charge is 2.08. The molecule has 0 aliphatic heterocycles. The lowest BCUT2D eigenvalue weighted by Crippen LogP contribution is -1.87. The minimum absolute atomic E-state index is 0.624. The first-order valence-electron chi connectivity index (χ1n) is 4.08. The van der Waals surface area contributed by atoms with Crippen LogP contribution in [0.3, 0.4) is 0 Å². The lowest BCUT2D eigenvalue weighted by atomic mass is 10.6. The van der Waals surface area contributed by atoms with Gasteiger partial charge in [-0.2, -0.15) is 0 Å². The summed E-state index contributed by atoms with van der Waals surface area (Å²) in [7, 11) is 0. The van der Waals surface area contributed by atoms with Crippen LogP contribution in [0.1, 0.15) is 5.01 Å². The molecule has 0 bridgehead atoms. The number of halogens is 1. The number of alkyl halides is 1. The summed E-state index contributed by atoms with van der Waals surface area (Å²) in [5, 5.41) is 1.95. The summed E-state index contributed by atoms with van der Waals surface area (Å²) in [4.78, 5) is 13.7. The van der Waals surface area contributed by atoms with E-state index in [4.69, 9.17) is 11.6 Å². The largest absolute Gasteiger partial charge is 0.237 e. The van der Waals surface area contributed by atoms with Crippen molar-refractivity contribution >= 4 is 45.0 Å². The molecule has 6 heteroatoms. The van der Waals surface area contributed by atoms with E-state index in [9.17, 15) is 0 Å². The fourth-order valence-electron chi connectivity index (χ4n) is 1.08. The van der Waals surface area contributed by atoms with Crippen molar-refractivity contribution in [2.45, 2.75) is 11.9 Å². The summed E-state index contributed by atoms with van der Waals surface area (Å²) in [6, 6.07) is 0. The van der Waals surface area contributed by atoms with Gasteiger partial charge in [0.2, 0.25) is 0 Å². The van der Waals surface area contributed by atoms with Crippen molar-refractivity contribution in [3.63, 3.8) is 0 Å². The van der Waals surface area contributed by atoms with E-state index >= 15 is 0 Å². The number of hydrogen-bond donors (Lipinski definition) is 0. The van der Waals surface area contributed by atoms with Gasteiger partial charge in [-0.3, -0.25) is 0 Å². The molecule has 0 aliphatic rings. The van der Waals surface area contributed by atoms with Crippen LogP contribution in [0.25, 0.3) is 10.3 Å². The van der Waals surface area contributed by atoms with Crippen LogP contribution in [-0.4, -0.2) is 26.6 Å². The van der Waals surface area contributed by atoms with Gasteiger partial charge in [-0.25, -0.2) is 15.0 Å². The zero-order valence-electron chi connectivity index (χ0n) is 7.53. The van der Waals surface area contributed by atoms with Gasteiger partial charge in [-0.15, -0.1) is 23.4 Å². The first kappa shape index (κ1) is 10.1. The zero-order valence-corrected chi connectivity index (χ0v) is 9.92. The average molecular weight is 246 g/mol. The van der Waals surface area contributed by atoms with Crippen molar-refractivity contribution in [2.75, 3.05) is 11.6 Å². The first-order valence-corrected chi connectivity index (χ1v) is 6.42. The molecule has 3 nitrogen and oxygen atoms in total. The van der Waals surface area contributed by atoms with Crippen LogP contribution < -0.4 is 0 Å². The van der Waals surface area contributed by atoms with E-state index in [1.807, 2.05) is 6.92 Å². The van der Waals surface area contributed by atoms with Gasteiger partial charge < -0.3 is 0 Å². The van der Waals surface area contributed by atoms with Crippen LogP contribution >= 0.6 is 34.7 Å². The molecule has 0 aromatic carbocycles. The second-order valence-corrected chi connectivity index (χ2v) is 5.25. The van der Waals surface area contributed by atoms with Crippen LogP contribution in [0, 0.1) is 6.92 Å². The lowest BCUT2D eigenvalue weighted by Gasteiger charge is -1.97. The van der Waals surface area contributed by atoms with Crippen LogP contribution in [-0.2, 0) is 0 Å². The highest BCUT2D eigenvalue weighted by atomic mass is 35.5. The summed E-state index contributed by atoms with van der Waals surface area (Å²) in [6.45, 7) is 1.97. The number of thiazole rings is 1. The number of rotatable bonds is 3. The number of aromatic nitrogens is 3. The Morgan fingerprint density at radius 2 is 2.36 bits per heavy atom. The minimum atomic E-state index is 0.624. The molecule has 0 N–H and O–H groups in total. The zero-order chi connectivity index (χ0) is 9.97. The van der Waals surface area contributed by atoms with Gasteiger partial charge in [0.15, 0.2) is 0 Å². The number of nitrogens with zero attached hydrogens (tertiary/aromatic N) is 3. The van der Waals surface area contributed by atoms with Gasteiger partial charge in [-0.05, 0) is 6.92 Å². The fourth-order valence-corrected chi connectivity index (χ4v) is 2.80. The number of fused-ring (bicyclic) bond motifs is 1. The van der Waals surface area contributed by atoms with Gasteiger partial charge in [-0.1, -0.05) is 11.3 Å². The van der Waals surface area contributed by atoms with Crippen LogP contribution in [0.15, 0.2) is 11.4 Å². The molecule has 0 atom stereocenters. The summed E-state index contributed by atoms with van der Waals surface area (Å²) >= 11 is 8.84. The molecule has 0 saturated carbocycles. The molecule has 0 saturated heterocycles. The van der Waals surface area contributed by atoms with Crippen molar-refractivity contribution < 1.29 is 0 Å². The summed E-state index contributed by atoms with van der Waals surface area (Å²) in [5.41, 5.74) is 0.908. The molecule has 2 aromatic rings. The standard InChI is InChI=1S/C8H8ClN3S2/c1-5-12-6-7(13-3-2-9)10-4-11-8(6)14-5/h4H,2-3H2,1H3. The topological polar surface area (TPSA) is 38.7 Å². The third-order valence-corrected chi connectivity index (χ3v) is 3.86.